The Morgan fingerprint density at radius 2 is 1.81 bits per heavy atom. The van der Waals surface area contributed by atoms with Gasteiger partial charge in [-0.3, -0.25) is 20.4 Å². The van der Waals surface area contributed by atoms with Gasteiger partial charge in [0.05, 0.1) is 5.02 Å². The summed E-state index contributed by atoms with van der Waals surface area (Å²) in [5.41, 5.74) is 4.51. The smallest absolute Gasteiger partial charge is 0.279 e. The number of carboxylic acid groups (broad SMARTS) is 1. The lowest BCUT2D eigenvalue weighted by Gasteiger charge is -2.31. The first kappa shape index (κ1) is 20.3. The van der Waals surface area contributed by atoms with E-state index in [2.05, 4.69) is 10.9 Å². The molecule has 9 heteroatoms. The average Bonchev–Trinajstić information content (AvgIpc) is 2.61. The lowest BCUT2D eigenvalue weighted by atomic mass is 9.79. The molecule has 0 heterocycles. The Bertz CT molecular complexity index is 698. The third-order valence-corrected chi connectivity index (χ3v) is 4.81. The summed E-state index contributed by atoms with van der Waals surface area (Å²) < 4.78 is 5.44. The van der Waals surface area contributed by atoms with Crippen LogP contribution in [0.4, 0.5) is 0 Å². The second-order valence-corrected chi connectivity index (χ2v) is 6.97. The molecule has 1 aromatic rings. The number of carbonyl (C=O) groups is 3. The van der Waals surface area contributed by atoms with E-state index >= 15 is 0 Å². The molecule has 1 aromatic carbocycles. The van der Waals surface area contributed by atoms with Crippen LogP contribution in [0.1, 0.15) is 32.6 Å². The number of amides is 2. The quantitative estimate of drug-likeness (QED) is 0.726. The van der Waals surface area contributed by atoms with Gasteiger partial charge in [0.1, 0.15) is 5.75 Å². The van der Waals surface area contributed by atoms with Crippen LogP contribution in [0.3, 0.4) is 0 Å². The second kappa shape index (κ2) is 9.09. The third kappa shape index (κ3) is 5.25. The summed E-state index contributed by atoms with van der Waals surface area (Å²) >= 11 is 11.8. The van der Waals surface area contributed by atoms with Crippen LogP contribution in [0.15, 0.2) is 18.2 Å². The van der Waals surface area contributed by atoms with Crippen LogP contribution in [0.2, 0.25) is 10.0 Å². The van der Waals surface area contributed by atoms with Crippen LogP contribution in [0.5, 0.6) is 5.75 Å². The molecule has 2 rings (SSSR count). The third-order valence-electron chi connectivity index (χ3n) is 4.28. The molecule has 1 aliphatic carbocycles. The van der Waals surface area contributed by atoms with Crippen LogP contribution < -0.4 is 20.7 Å². The number of rotatable bonds is 5. The number of benzene rings is 1. The normalized spacial score (nSPS) is 20.7. The Morgan fingerprint density at radius 3 is 2.42 bits per heavy atom. The maximum atomic E-state index is 12.2. The van der Waals surface area contributed by atoms with Crippen molar-refractivity contribution < 1.29 is 24.2 Å². The molecule has 2 N–H and O–H groups in total. The minimum atomic E-state index is -1.25. The first-order chi connectivity index (χ1) is 12.3. The molecular formula is C17H19Cl2N2O5-. The van der Waals surface area contributed by atoms with E-state index in [4.69, 9.17) is 27.9 Å². The van der Waals surface area contributed by atoms with Gasteiger partial charge in [-0.2, -0.15) is 0 Å². The van der Waals surface area contributed by atoms with Gasteiger partial charge in [0.2, 0.25) is 5.91 Å². The number of ether oxygens (including phenoxy) is 1. The highest BCUT2D eigenvalue weighted by Crippen LogP contribution is 2.30. The Hall–Kier alpha value is -1.99. The molecule has 7 nitrogen and oxygen atoms in total. The largest absolute Gasteiger partial charge is 0.550 e. The molecule has 0 saturated heterocycles. The van der Waals surface area contributed by atoms with Gasteiger partial charge in [-0.05, 0) is 38.0 Å². The molecule has 1 aliphatic rings. The highest BCUT2D eigenvalue weighted by atomic mass is 35.5. The number of hydrogen-bond acceptors (Lipinski definition) is 5. The number of halogens is 2. The van der Waals surface area contributed by atoms with Crippen molar-refractivity contribution in [1.82, 2.24) is 10.9 Å². The van der Waals surface area contributed by atoms with Crippen molar-refractivity contribution in [3.8, 4) is 5.75 Å². The van der Waals surface area contributed by atoms with Crippen molar-refractivity contribution in [2.45, 2.75) is 38.7 Å². The van der Waals surface area contributed by atoms with E-state index in [0.29, 0.717) is 17.9 Å². The van der Waals surface area contributed by atoms with Gasteiger partial charge in [-0.15, -0.1) is 0 Å². The fourth-order valence-electron chi connectivity index (χ4n) is 2.86. The highest BCUT2D eigenvalue weighted by molar-refractivity contribution is 6.35. The number of carboxylic acids is 1. The first-order valence-electron chi connectivity index (χ1n) is 8.22. The molecule has 3 atom stereocenters. The zero-order chi connectivity index (χ0) is 19.3. The van der Waals surface area contributed by atoms with E-state index in [1.54, 1.807) is 6.07 Å². The zero-order valence-electron chi connectivity index (χ0n) is 14.1. The summed E-state index contributed by atoms with van der Waals surface area (Å²) in [6, 6.07) is 4.58. The van der Waals surface area contributed by atoms with Gasteiger partial charge >= 0.3 is 0 Å². The number of carbonyl (C=O) groups excluding carboxylic acids is 3. The van der Waals surface area contributed by atoms with Crippen LogP contribution in [0.25, 0.3) is 0 Å². The van der Waals surface area contributed by atoms with Crippen molar-refractivity contribution in [3.05, 3.63) is 28.2 Å². The fraction of sp³-hybridized carbons (Fsp3) is 0.471. The van der Waals surface area contributed by atoms with Crippen molar-refractivity contribution in [2.24, 2.45) is 11.8 Å². The molecule has 0 aromatic heterocycles. The number of hydrogen-bond donors (Lipinski definition) is 2. The fourth-order valence-corrected chi connectivity index (χ4v) is 3.31. The minimum Gasteiger partial charge on any atom is -0.550 e. The monoisotopic (exact) mass is 401 g/mol. The average molecular weight is 402 g/mol. The topological polar surface area (TPSA) is 108 Å². The summed E-state index contributed by atoms with van der Waals surface area (Å²) in [7, 11) is 0. The molecule has 0 radical (unpaired) electrons. The molecule has 0 bridgehead atoms. The SMILES string of the molecule is C[C@@H](Oc1ccc(Cl)cc1Cl)C(=O)NNC(=O)[C@H]1CCCC[C@H]1C(=O)[O-]. The lowest BCUT2D eigenvalue weighted by molar-refractivity contribution is -0.314. The van der Waals surface area contributed by atoms with E-state index in [9.17, 15) is 19.5 Å². The van der Waals surface area contributed by atoms with Gasteiger partial charge in [0.25, 0.3) is 5.91 Å². The Kier molecular flexibility index (Phi) is 7.11. The summed E-state index contributed by atoms with van der Waals surface area (Å²) in [6.45, 7) is 1.48. The molecule has 142 valence electrons. The highest BCUT2D eigenvalue weighted by Gasteiger charge is 2.32. The number of aliphatic carboxylic acids is 1. The van der Waals surface area contributed by atoms with Gasteiger partial charge in [0.15, 0.2) is 6.10 Å². The van der Waals surface area contributed by atoms with E-state index in [1.165, 1.54) is 19.1 Å². The van der Waals surface area contributed by atoms with Crippen LogP contribution in [0, 0.1) is 11.8 Å². The standard InChI is InChI=1S/C17H20Cl2N2O5/c1-9(26-14-7-6-10(18)8-13(14)19)15(22)20-21-16(23)11-4-2-3-5-12(11)17(24)25/h6-9,11-12H,2-5H2,1H3,(H,20,22)(H,21,23)(H,24,25)/p-1/t9-,11+,12-/m1/s1. The van der Waals surface area contributed by atoms with Gasteiger partial charge in [0, 0.05) is 22.8 Å². The van der Waals surface area contributed by atoms with Crippen LogP contribution in [-0.4, -0.2) is 23.9 Å². The molecule has 0 spiro atoms. The van der Waals surface area contributed by atoms with Crippen molar-refractivity contribution in [1.29, 1.82) is 0 Å². The maximum Gasteiger partial charge on any atom is 0.279 e. The second-order valence-electron chi connectivity index (χ2n) is 6.13. The van der Waals surface area contributed by atoms with Crippen LogP contribution >= 0.6 is 23.2 Å². The predicted octanol–water partition coefficient (Wildman–Crippen LogP) is 1.46. The molecule has 0 unspecified atom stereocenters. The summed E-state index contributed by atoms with van der Waals surface area (Å²) in [5, 5.41) is 11.8. The lowest BCUT2D eigenvalue weighted by Crippen LogP contribution is -2.52. The van der Waals surface area contributed by atoms with Gasteiger partial charge in [-0.1, -0.05) is 36.0 Å². The Labute approximate surface area is 161 Å². The predicted molar refractivity (Wildman–Crippen MR) is 93.3 cm³/mol. The summed E-state index contributed by atoms with van der Waals surface area (Å²) in [5.74, 6) is -3.70. The van der Waals surface area contributed by atoms with E-state index in [-0.39, 0.29) is 10.8 Å². The van der Waals surface area contributed by atoms with Gasteiger partial charge in [-0.25, -0.2) is 0 Å². The van der Waals surface area contributed by atoms with E-state index in [0.717, 1.165) is 12.8 Å². The summed E-state index contributed by atoms with van der Waals surface area (Å²) in [4.78, 5) is 35.4. The zero-order valence-corrected chi connectivity index (χ0v) is 15.6. The summed E-state index contributed by atoms with van der Waals surface area (Å²) in [6.07, 6.45) is 1.37. The molecule has 26 heavy (non-hydrogen) atoms. The molecule has 1 fully saturated rings. The van der Waals surface area contributed by atoms with Crippen molar-refractivity contribution in [3.63, 3.8) is 0 Å². The molecule has 0 aliphatic heterocycles. The van der Waals surface area contributed by atoms with Crippen LogP contribution in [-0.2, 0) is 14.4 Å². The first-order valence-corrected chi connectivity index (χ1v) is 8.97. The Morgan fingerprint density at radius 1 is 1.15 bits per heavy atom. The van der Waals surface area contributed by atoms with Crippen molar-refractivity contribution >= 4 is 41.0 Å². The minimum absolute atomic E-state index is 0.250. The van der Waals surface area contributed by atoms with E-state index in [1.807, 2.05) is 0 Å². The molecular weight excluding hydrogens is 383 g/mol. The number of nitrogens with one attached hydrogen (secondary N) is 2. The van der Waals surface area contributed by atoms with Crippen molar-refractivity contribution in [2.75, 3.05) is 0 Å². The van der Waals surface area contributed by atoms with E-state index < -0.39 is 35.7 Å². The molecule has 1 saturated carbocycles. The molecule has 2 amide bonds. The number of hydrazine groups is 1. The maximum absolute atomic E-state index is 12.2. The Balaban J connectivity index is 1.88. The van der Waals surface area contributed by atoms with Gasteiger partial charge < -0.3 is 14.6 Å².